The third-order valence-corrected chi connectivity index (χ3v) is 4.14. The van der Waals surface area contributed by atoms with E-state index in [0.29, 0.717) is 0 Å². The van der Waals surface area contributed by atoms with Crippen molar-refractivity contribution in [2.75, 3.05) is 26.2 Å². The summed E-state index contributed by atoms with van der Waals surface area (Å²) >= 11 is 0. The first-order chi connectivity index (χ1) is 10.6. The summed E-state index contributed by atoms with van der Waals surface area (Å²) in [7, 11) is 0. The average Bonchev–Trinajstić information content (AvgIpc) is 2.54. The van der Waals surface area contributed by atoms with Gasteiger partial charge in [0.15, 0.2) is 23.3 Å². The first kappa shape index (κ1) is 25.0. The third-order valence-electron chi connectivity index (χ3n) is 4.14. The van der Waals surface area contributed by atoms with Crippen LogP contribution in [0.1, 0.15) is 38.1 Å². The molecule has 1 rings (SSSR count). The van der Waals surface area contributed by atoms with Gasteiger partial charge in [-0.1, -0.05) is 0 Å². The highest BCUT2D eigenvalue weighted by molar-refractivity contribution is 5.93. The molecule has 0 aliphatic heterocycles. The lowest BCUT2D eigenvalue weighted by atomic mass is 10.1. The molecule has 1 aromatic rings. The first-order valence-electron chi connectivity index (χ1n) is 7.28. The van der Waals surface area contributed by atoms with Gasteiger partial charge in [-0.05, 0) is 27.7 Å². The predicted octanol–water partition coefficient (Wildman–Crippen LogP) is 0.368. The number of carbonyl (C=O) groups is 1. The van der Waals surface area contributed by atoms with Gasteiger partial charge in [0.25, 0.3) is 5.91 Å². The molecule has 3 nitrogen and oxygen atoms in total. The van der Waals surface area contributed by atoms with Crippen molar-refractivity contribution in [3.8, 4) is 0 Å². The number of hydrogen-bond acceptors (Lipinski definition) is 1. The van der Waals surface area contributed by atoms with Crippen LogP contribution in [0.3, 0.4) is 0 Å². The molecule has 0 aromatic heterocycles. The summed E-state index contributed by atoms with van der Waals surface area (Å²) in [6.07, 6.45) is 0. The maximum Gasteiger partial charge on any atom is 0.254 e. The number of rotatable bonds is 5. The van der Waals surface area contributed by atoms with Crippen LogP contribution in [0.25, 0.3) is 0 Å². The van der Waals surface area contributed by atoms with Gasteiger partial charge in [-0.25, -0.2) is 22.0 Å². The number of nitrogens with zero attached hydrogens (tertiary/aromatic N) is 1. The number of amides is 1. The molecule has 1 amide bonds. The Hall–Kier alpha value is -1.22. The molecule has 0 fully saturated rings. The Morgan fingerprint density at radius 2 is 1.00 bits per heavy atom. The molecule has 0 spiro atoms. The lowest BCUT2D eigenvalue weighted by Gasteiger charge is -2.34. The molecule has 9 heteroatoms. The molecule has 0 aliphatic rings. The third kappa shape index (κ3) is 5.41. The van der Waals surface area contributed by atoms with Crippen LogP contribution in [0.4, 0.5) is 22.0 Å². The van der Waals surface area contributed by atoms with E-state index in [2.05, 4.69) is 33.4 Å². The van der Waals surface area contributed by atoms with Crippen molar-refractivity contribution < 1.29 is 48.2 Å². The molecule has 24 heavy (non-hydrogen) atoms. The summed E-state index contributed by atoms with van der Waals surface area (Å²) in [5.74, 6) is -12.9. The highest BCUT2D eigenvalue weighted by Crippen LogP contribution is 2.22. The molecule has 1 aromatic carbocycles. The Kier molecular flexibility index (Phi) is 11.1. The van der Waals surface area contributed by atoms with Crippen LogP contribution in [-0.4, -0.2) is 36.6 Å². The van der Waals surface area contributed by atoms with E-state index < -0.39 is 40.6 Å². The normalized spacial score (nSPS) is 10.5. The lowest BCUT2D eigenvalue weighted by Crippen LogP contribution is -3.00. The number of carbonyl (C=O) groups excluding carboxylic acids is 1. The number of primary amides is 1. The molecular formula is C15H22BrF5N2O. The van der Waals surface area contributed by atoms with Crippen LogP contribution in [0.2, 0.25) is 0 Å². The molecular weight excluding hydrogens is 399 g/mol. The molecule has 2 N–H and O–H groups in total. The summed E-state index contributed by atoms with van der Waals surface area (Å²) in [5, 5.41) is 0. The molecule has 0 saturated carbocycles. The minimum absolute atomic E-state index is 0. The van der Waals surface area contributed by atoms with Crippen LogP contribution < -0.4 is 22.7 Å². The van der Waals surface area contributed by atoms with Gasteiger partial charge in [0.05, 0.1) is 26.2 Å². The quantitative estimate of drug-likeness (QED) is 0.318. The SMILES string of the molecule is CC[N+](CC)(CC)CC.NC(=O)c1c(F)c(F)c(F)c(F)c1F.[Br-]. The number of halogens is 6. The molecule has 0 radical (unpaired) electrons. The van der Waals surface area contributed by atoms with Crippen LogP contribution >= 0.6 is 0 Å². The van der Waals surface area contributed by atoms with Crippen molar-refractivity contribution in [3.63, 3.8) is 0 Å². The minimum atomic E-state index is -2.33. The zero-order chi connectivity index (χ0) is 18.4. The fourth-order valence-electron chi connectivity index (χ4n) is 2.16. The van der Waals surface area contributed by atoms with Crippen molar-refractivity contribution in [3.05, 3.63) is 34.6 Å². The van der Waals surface area contributed by atoms with Gasteiger partial charge in [0, 0.05) is 0 Å². The van der Waals surface area contributed by atoms with E-state index in [-0.39, 0.29) is 17.0 Å². The van der Waals surface area contributed by atoms with E-state index in [0.717, 1.165) is 0 Å². The summed E-state index contributed by atoms with van der Waals surface area (Å²) in [5.41, 5.74) is 2.79. The van der Waals surface area contributed by atoms with Crippen molar-refractivity contribution in [1.29, 1.82) is 0 Å². The van der Waals surface area contributed by atoms with Gasteiger partial charge < -0.3 is 27.2 Å². The van der Waals surface area contributed by atoms with Crippen molar-refractivity contribution >= 4 is 5.91 Å². The topological polar surface area (TPSA) is 43.1 Å². The first-order valence-corrected chi connectivity index (χ1v) is 7.28. The number of hydrogen-bond donors (Lipinski definition) is 1. The Morgan fingerprint density at radius 1 is 0.750 bits per heavy atom. The maximum absolute atomic E-state index is 12.6. The second kappa shape index (κ2) is 10.6. The Balaban J connectivity index is 0. The summed E-state index contributed by atoms with van der Waals surface area (Å²) in [6, 6.07) is 0. The minimum Gasteiger partial charge on any atom is -1.00 e. The fourth-order valence-corrected chi connectivity index (χ4v) is 2.16. The Bertz CT molecular complexity index is 519. The summed E-state index contributed by atoms with van der Waals surface area (Å²) in [4.78, 5) is 10.3. The van der Waals surface area contributed by atoms with E-state index in [1.165, 1.54) is 30.7 Å². The number of benzene rings is 1. The van der Waals surface area contributed by atoms with Crippen molar-refractivity contribution in [1.82, 2.24) is 0 Å². The average molecular weight is 421 g/mol. The molecule has 0 saturated heterocycles. The monoisotopic (exact) mass is 420 g/mol. The van der Waals surface area contributed by atoms with Crippen LogP contribution in [0.15, 0.2) is 0 Å². The zero-order valence-electron chi connectivity index (χ0n) is 14.0. The maximum atomic E-state index is 12.6. The Morgan fingerprint density at radius 3 is 1.17 bits per heavy atom. The summed E-state index contributed by atoms with van der Waals surface area (Å²) in [6.45, 7) is 14.2. The van der Waals surface area contributed by atoms with Gasteiger partial charge >= 0.3 is 0 Å². The molecule has 140 valence electrons. The van der Waals surface area contributed by atoms with Gasteiger partial charge in [0.2, 0.25) is 5.82 Å². The van der Waals surface area contributed by atoms with Gasteiger partial charge in [-0.15, -0.1) is 0 Å². The summed E-state index contributed by atoms with van der Waals surface area (Å²) < 4.78 is 63.7. The smallest absolute Gasteiger partial charge is 0.254 e. The number of nitrogens with two attached hydrogens (primary N) is 1. The van der Waals surface area contributed by atoms with E-state index in [9.17, 15) is 26.7 Å². The van der Waals surface area contributed by atoms with Gasteiger partial charge in [-0.3, -0.25) is 4.79 Å². The second-order valence-electron chi connectivity index (χ2n) is 4.92. The fraction of sp³-hybridized carbons (Fsp3) is 0.533. The molecule has 0 heterocycles. The highest BCUT2D eigenvalue weighted by Gasteiger charge is 2.28. The zero-order valence-corrected chi connectivity index (χ0v) is 15.6. The van der Waals surface area contributed by atoms with Crippen LogP contribution in [-0.2, 0) is 0 Å². The van der Waals surface area contributed by atoms with Crippen molar-refractivity contribution in [2.24, 2.45) is 5.73 Å². The largest absolute Gasteiger partial charge is 1.00 e. The van der Waals surface area contributed by atoms with E-state index in [4.69, 9.17) is 0 Å². The lowest BCUT2D eigenvalue weighted by molar-refractivity contribution is -0.921. The van der Waals surface area contributed by atoms with Gasteiger partial charge in [0.1, 0.15) is 5.56 Å². The van der Waals surface area contributed by atoms with Crippen molar-refractivity contribution in [2.45, 2.75) is 27.7 Å². The molecule has 0 unspecified atom stereocenters. The predicted molar refractivity (Wildman–Crippen MR) is 77.2 cm³/mol. The second-order valence-corrected chi connectivity index (χ2v) is 4.92. The highest BCUT2D eigenvalue weighted by atomic mass is 79.9. The number of quaternary nitrogens is 1. The molecule has 0 aliphatic carbocycles. The van der Waals surface area contributed by atoms with Gasteiger partial charge in [-0.2, -0.15) is 0 Å². The van der Waals surface area contributed by atoms with Crippen LogP contribution in [0.5, 0.6) is 0 Å². The van der Waals surface area contributed by atoms with E-state index in [1.807, 2.05) is 0 Å². The Labute approximate surface area is 149 Å². The van der Waals surface area contributed by atoms with E-state index >= 15 is 0 Å². The van der Waals surface area contributed by atoms with Crippen LogP contribution in [0, 0.1) is 29.1 Å². The standard InChI is InChI=1S/C8H20N.C7H2F5NO.BrH/c1-5-9(6-2,7-3)8-4;8-2-1(7(13)14)3(9)5(11)6(12)4(2)10;/h5-8H2,1-4H3;(H2,13,14);1H/q+1;;/p-1. The molecule has 0 atom stereocenters. The molecule has 0 bridgehead atoms. The van der Waals surface area contributed by atoms with E-state index in [1.54, 1.807) is 0 Å².